The molecule has 2 rings (SSSR count). The van der Waals surface area contributed by atoms with Gasteiger partial charge in [-0.25, -0.2) is 8.78 Å². The summed E-state index contributed by atoms with van der Waals surface area (Å²) in [6.07, 6.45) is 0. The van der Waals surface area contributed by atoms with Crippen molar-refractivity contribution in [2.45, 2.75) is 6.92 Å². The molecule has 0 aromatic heterocycles. The standard InChI is InChI=1S/C14H11F2NOS/c1-8-6-9(14(17)19)2-4-12(8)18-13-5-3-10(15)7-11(13)16/h2-7H,1H3,(H2,17,19). The summed E-state index contributed by atoms with van der Waals surface area (Å²) >= 11 is 4.87. The number of thiocarbonyl (C=S) groups is 1. The first-order valence-electron chi connectivity index (χ1n) is 5.51. The summed E-state index contributed by atoms with van der Waals surface area (Å²) in [6, 6.07) is 8.23. The van der Waals surface area contributed by atoms with Crippen LogP contribution in [0.1, 0.15) is 11.1 Å². The highest BCUT2D eigenvalue weighted by molar-refractivity contribution is 7.80. The van der Waals surface area contributed by atoms with E-state index in [0.717, 1.165) is 17.7 Å². The molecule has 0 aliphatic heterocycles. The summed E-state index contributed by atoms with van der Waals surface area (Å²) in [5.41, 5.74) is 6.98. The number of nitrogens with two attached hydrogens (primary N) is 1. The van der Waals surface area contributed by atoms with Crippen LogP contribution in [-0.2, 0) is 0 Å². The predicted molar refractivity (Wildman–Crippen MR) is 73.5 cm³/mol. The normalized spacial score (nSPS) is 10.3. The van der Waals surface area contributed by atoms with Crippen molar-refractivity contribution in [3.8, 4) is 11.5 Å². The van der Waals surface area contributed by atoms with E-state index >= 15 is 0 Å². The Bertz CT molecular complexity index is 643. The molecule has 2 aromatic carbocycles. The van der Waals surface area contributed by atoms with Gasteiger partial charge in [0.25, 0.3) is 0 Å². The van der Waals surface area contributed by atoms with E-state index in [0.29, 0.717) is 11.3 Å². The summed E-state index contributed by atoms with van der Waals surface area (Å²) in [4.78, 5) is 0.280. The molecule has 2 N–H and O–H groups in total. The molecule has 0 fully saturated rings. The highest BCUT2D eigenvalue weighted by Gasteiger charge is 2.09. The summed E-state index contributed by atoms with van der Waals surface area (Å²) in [5.74, 6) is -0.971. The Hall–Kier alpha value is -2.01. The van der Waals surface area contributed by atoms with Crippen LogP contribution in [0.2, 0.25) is 0 Å². The molecule has 0 radical (unpaired) electrons. The minimum atomic E-state index is -0.752. The predicted octanol–water partition coefficient (Wildman–Crippen LogP) is 3.70. The van der Waals surface area contributed by atoms with E-state index in [1.165, 1.54) is 6.07 Å². The van der Waals surface area contributed by atoms with Crippen molar-refractivity contribution in [1.29, 1.82) is 0 Å². The van der Waals surface area contributed by atoms with Crippen LogP contribution in [0.4, 0.5) is 8.78 Å². The van der Waals surface area contributed by atoms with Crippen LogP contribution in [0.25, 0.3) is 0 Å². The minimum Gasteiger partial charge on any atom is -0.454 e. The molecular formula is C14H11F2NOS. The third kappa shape index (κ3) is 3.06. The number of hydrogen-bond donors (Lipinski definition) is 1. The average Bonchev–Trinajstić information content (AvgIpc) is 2.34. The largest absolute Gasteiger partial charge is 0.454 e. The van der Waals surface area contributed by atoms with Crippen LogP contribution in [0, 0.1) is 18.6 Å². The van der Waals surface area contributed by atoms with Gasteiger partial charge in [0.15, 0.2) is 11.6 Å². The molecule has 5 heteroatoms. The topological polar surface area (TPSA) is 35.2 Å². The minimum absolute atomic E-state index is 0.0347. The Morgan fingerprint density at radius 1 is 1.11 bits per heavy atom. The fourth-order valence-electron chi connectivity index (χ4n) is 1.59. The lowest BCUT2D eigenvalue weighted by molar-refractivity contribution is 0.435. The van der Waals surface area contributed by atoms with Crippen LogP contribution in [-0.4, -0.2) is 4.99 Å². The van der Waals surface area contributed by atoms with Gasteiger partial charge in [-0.15, -0.1) is 0 Å². The Balaban J connectivity index is 2.31. The number of halogens is 2. The van der Waals surface area contributed by atoms with Crippen LogP contribution in [0.15, 0.2) is 36.4 Å². The second-order valence-electron chi connectivity index (χ2n) is 4.02. The molecule has 0 bridgehead atoms. The second-order valence-corrected chi connectivity index (χ2v) is 4.46. The van der Waals surface area contributed by atoms with Gasteiger partial charge in [-0.2, -0.15) is 0 Å². The Kier molecular flexibility index (Phi) is 3.76. The molecule has 0 saturated heterocycles. The van der Waals surface area contributed by atoms with E-state index in [1.807, 2.05) is 0 Å². The van der Waals surface area contributed by atoms with E-state index in [4.69, 9.17) is 22.7 Å². The van der Waals surface area contributed by atoms with E-state index in [9.17, 15) is 8.78 Å². The molecule has 0 aliphatic carbocycles. The zero-order valence-electron chi connectivity index (χ0n) is 10.1. The lowest BCUT2D eigenvalue weighted by Crippen LogP contribution is -2.09. The third-order valence-corrected chi connectivity index (χ3v) is 2.81. The molecule has 0 saturated carbocycles. The van der Waals surface area contributed by atoms with Gasteiger partial charge in [0.05, 0.1) is 0 Å². The zero-order chi connectivity index (χ0) is 14.0. The highest BCUT2D eigenvalue weighted by Crippen LogP contribution is 2.28. The maximum absolute atomic E-state index is 13.5. The lowest BCUT2D eigenvalue weighted by atomic mass is 10.1. The second kappa shape index (κ2) is 5.32. The van der Waals surface area contributed by atoms with Crippen LogP contribution in [0.5, 0.6) is 11.5 Å². The van der Waals surface area contributed by atoms with Crippen molar-refractivity contribution in [2.24, 2.45) is 5.73 Å². The zero-order valence-corrected chi connectivity index (χ0v) is 10.9. The summed E-state index contributed by atoms with van der Waals surface area (Å²) in [7, 11) is 0. The lowest BCUT2D eigenvalue weighted by Gasteiger charge is -2.10. The number of hydrogen-bond acceptors (Lipinski definition) is 2. The van der Waals surface area contributed by atoms with Gasteiger partial charge >= 0.3 is 0 Å². The molecule has 0 atom stereocenters. The van der Waals surface area contributed by atoms with Crippen molar-refractivity contribution in [2.75, 3.05) is 0 Å². The number of rotatable bonds is 3. The maximum atomic E-state index is 13.5. The fraction of sp³-hybridized carbons (Fsp3) is 0.0714. The van der Waals surface area contributed by atoms with Gasteiger partial charge in [-0.1, -0.05) is 12.2 Å². The van der Waals surface area contributed by atoms with Crippen LogP contribution < -0.4 is 10.5 Å². The van der Waals surface area contributed by atoms with Gasteiger partial charge in [0.2, 0.25) is 0 Å². The number of benzene rings is 2. The molecule has 2 nitrogen and oxygen atoms in total. The van der Waals surface area contributed by atoms with E-state index in [2.05, 4.69) is 0 Å². The molecular weight excluding hydrogens is 268 g/mol. The SMILES string of the molecule is Cc1cc(C(N)=S)ccc1Oc1ccc(F)cc1F. The summed E-state index contributed by atoms with van der Waals surface area (Å²) < 4.78 is 31.7. The van der Waals surface area contributed by atoms with Crippen molar-refractivity contribution in [1.82, 2.24) is 0 Å². The first-order chi connectivity index (χ1) is 8.97. The van der Waals surface area contributed by atoms with Crippen molar-refractivity contribution < 1.29 is 13.5 Å². The average molecular weight is 279 g/mol. The van der Waals surface area contributed by atoms with Gasteiger partial charge in [-0.3, -0.25) is 0 Å². The van der Waals surface area contributed by atoms with Gasteiger partial charge in [-0.05, 0) is 42.8 Å². The Labute approximate surface area is 114 Å². The molecule has 98 valence electrons. The quantitative estimate of drug-likeness (QED) is 0.870. The van der Waals surface area contributed by atoms with Gasteiger partial charge < -0.3 is 10.5 Å². The highest BCUT2D eigenvalue weighted by atomic mass is 32.1. The molecule has 2 aromatic rings. The van der Waals surface area contributed by atoms with Gasteiger partial charge in [0, 0.05) is 11.6 Å². The van der Waals surface area contributed by atoms with E-state index < -0.39 is 11.6 Å². The van der Waals surface area contributed by atoms with Crippen LogP contribution >= 0.6 is 12.2 Å². The van der Waals surface area contributed by atoms with Crippen molar-refractivity contribution >= 4 is 17.2 Å². The van der Waals surface area contributed by atoms with E-state index in [-0.39, 0.29) is 10.7 Å². The molecule has 0 aliphatic rings. The van der Waals surface area contributed by atoms with Crippen molar-refractivity contribution in [3.05, 3.63) is 59.2 Å². The van der Waals surface area contributed by atoms with Crippen molar-refractivity contribution in [3.63, 3.8) is 0 Å². The molecule has 0 unspecified atom stereocenters. The van der Waals surface area contributed by atoms with E-state index in [1.54, 1.807) is 25.1 Å². The maximum Gasteiger partial charge on any atom is 0.168 e. The molecule has 0 heterocycles. The first kappa shape index (κ1) is 13.4. The fourth-order valence-corrected chi connectivity index (χ4v) is 1.72. The molecule has 0 spiro atoms. The summed E-state index contributed by atoms with van der Waals surface area (Å²) in [5, 5.41) is 0. The van der Waals surface area contributed by atoms with Crippen LogP contribution in [0.3, 0.4) is 0 Å². The summed E-state index contributed by atoms with van der Waals surface area (Å²) in [6.45, 7) is 1.79. The first-order valence-corrected chi connectivity index (χ1v) is 5.91. The third-order valence-electron chi connectivity index (χ3n) is 2.57. The molecule has 0 amide bonds. The van der Waals surface area contributed by atoms with Gasteiger partial charge in [0.1, 0.15) is 16.6 Å². The Morgan fingerprint density at radius 3 is 2.37 bits per heavy atom. The smallest absolute Gasteiger partial charge is 0.168 e. The number of aryl methyl sites for hydroxylation is 1. The Morgan fingerprint density at radius 2 is 1.79 bits per heavy atom. The molecule has 19 heavy (non-hydrogen) atoms. The monoisotopic (exact) mass is 279 g/mol. The number of ether oxygens (including phenoxy) is 1.